The molecule has 106 valence electrons. The molecule has 0 bridgehead atoms. The highest BCUT2D eigenvalue weighted by Crippen LogP contribution is 2.25. The van der Waals surface area contributed by atoms with Crippen molar-refractivity contribution in [3.05, 3.63) is 41.3 Å². The van der Waals surface area contributed by atoms with Gasteiger partial charge in [0, 0.05) is 5.56 Å². The number of ether oxygens (including phenoxy) is 2. The van der Waals surface area contributed by atoms with Crippen LogP contribution in [0.25, 0.3) is 0 Å². The average Bonchev–Trinajstić information content (AvgIpc) is 2.48. The van der Waals surface area contributed by atoms with Gasteiger partial charge >= 0.3 is 0 Å². The van der Waals surface area contributed by atoms with Crippen LogP contribution in [0.15, 0.2) is 30.6 Å². The summed E-state index contributed by atoms with van der Waals surface area (Å²) >= 11 is 5.92. The molecule has 6 heteroatoms. The van der Waals surface area contributed by atoms with Gasteiger partial charge in [0.05, 0.1) is 13.7 Å². The third-order valence-electron chi connectivity index (χ3n) is 2.74. The molecule has 20 heavy (non-hydrogen) atoms. The van der Waals surface area contributed by atoms with Crippen molar-refractivity contribution in [2.24, 2.45) is 0 Å². The van der Waals surface area contributed by atoms with E-state index in [-0.39, 0.29) is 0 Å². The number of anilines is 1. The lowest BCUT2D eigenvalue weighted by Crippen LogP contribution is -2.13. The minimum Gasteiger partial charge on any atom is -0.493 e. The van der Waals surface area contributed by atoms with Crippen molar-refractivity contribution in [2.75, 3.05) is 25.6 Å². The summed E-state index contributed by atoms with van der Waals surface area (Å²) < 4.78 is 10.9. The Hall–Kier alpha value is -2.01. The van der Waals surface area contributed by atoms with Crippen molar-refractivity contribution >= 4 is 17.4 Å². The maximum absolute atomic E-state index is 5.92. The minimum absolute atomic E-state index is 0.452. The Morgan fingerprint density at radius 1 is 1.20 bits per heavy atom. The Morgan fingerprint density at radius 2 is 1.95 bits per heavy atom. The maximum atomic E-state index is 5.92. The molecule has 0 aliphatic heterocycles. The van der Waals surface area contributed by atoms with Gasteiger partial charge in [0.15, 0.2) is 11.5 Å². The zero-order valence-electron chi connectivity index (χ0n) is 11.4. The molecule has 0 atom stereocenters. The molecule has 1 aromatic carbocycles. The fraction of sp³-hybridized carbons (Fsp3) is 0.286. The summed E-state index contributed by atoms with van der Waals surface area (Å²) in [5.41, 5.74) is 0.825. The van der Waals surface area contributed by atoms with Crippen LogP contribution in [0.4, 0.5) is 5.82 Å². The molecule has 0 fully saturated rings. The van der Waals surface area contributed by atoms with E-state index in [9.17, 15) is 0 Å². The SMILES string of the molecule is COc1ccccc1OCCNc1ncnc(Cl)c1C. The van der Waals surface area contributed by atoms with E-state index in [4.69, 9.17) is 21.1 Å². The van der Waals surface area contributed by atoms with Gasteiger partial charge in [-0.15, -0.1) is 0 Å². The van der Waals surface area contributed by atoms with E-state index in [0.29, 0.717) is 35.6 Å². The molecule has 1 aromatic heterocycles. The molecule has 0 saturated carbocycles. The predicted molar refractivity (Wildman–Crippen MR) is 78.8 cm³/mol. The molecule has 1 heterocycles. The summed E-state index contributed by atoms with van der Waals surface area (Å²) in [6.45, 7) is 2.96. The summed E-state index contributed by atoms with van der Waals surface area (Å²) in [4.78, 5) is 8.03. The summed E-state index contributed by atoms with van der Waals surface area (Å²) in [7, 11) is 1.62. The zero-order chi connectivity index (χ0) is 14.4. The van der Waals surface area contributed by atoms with Crippen LogP contribution < -0.4 is 14.8 Å². The van der Waals surface area contributed by atoms with E-state index in [2.05, 4.69) is 15.3 Å². The molecular formula is C14H16ClN3O2. The van der Waals surface area contributed by atoms with Gasteiger partial charge in [0.25, 0.3) is 0 Å². The van der Waals surface area contributed by atoms with E-state index in [1.54, 1.807) is 7.11 Å². The second-order valence-corrected chi connectivity index (χ2v) is 4.42. The number of hydrogen-bond acceptors (Lipinski definition) is 5. The normalized spacial score (nSPS) is 10.2. The van der Waals surface area contributed by atoms with E-state index in [1.165, 1.54) is 6.33 Å². The van der Waals surface area contributed by atoms with Crippen LogP contribution in [0.3, 0.4) is 0 Å². The minimum atomic E-state index is 0.452. The first-order valence-corrected chi connectivity index (χ1v) is 6.57. The fourth-order valence-corrected chi connectivity index (χ4v) is 1.81. The fourth-order valence-electron chi connectivity index (χ4n) is 1.68. The largest absolute Gasteiger partial charge is 0.493 e. The van der Waals surface area contributed by atoms with Gasteiger partial charge in [-0.2, -0.15) is 0 Å². The predicted octanol–water partition coefficient (Wildman–Crippen LogP) is 2.94. The number of aromatic nitrogens is 2. The number of halogens is 1. The van der Waals surface area contributed by atoms with Crippen LogP contribution in [0.2, 0.25) is 5.15 Å². The van der Waals surface area contributed by atoms with E-state index in [0.717, 1.165) is 5.56 Å². The highest BCUT2D eigenvalue weighted by molar-refractivity contribution is 6.30. The second-order valence-electron chi connectivity index (χ2n) is 4.06. The van der Waals surface area contributed by atoms with Crippen LogP contribution in [-0.4, -0.2) is 30.2 Å². The molecule has 0 aliphatic carbocycles. The van der Waals surface area contributed by atoms with Gasteiger partial charge in [-0.1, -0.05) is 23.7 Å². The number of nitrogens with zero attached hydrogens (tertiary/aromatic N) is 2. The molecule has 5 nitrogen and oxygen atoms in total. The molecule has 0 radical (unpaired) electrons. The van der Waals surface area contributed by atoms with Gasteiger partial charge in [-0.05, 0) is 19.1 Å². The van der Waals surface area contributed by atoms with E-state index < -0.39 is 0 Å². The van der Waals surface area contributed by atoms with Crippen LogP contribution in [0.1, 0.15) is 5.56 Å². The topological polar surface area (TPSA) is 56.3 Å². The van der Waals surface area contributed by atoms with Gasteiger partial charge in [-0.25, -0.2) is 9.97 Å². The molecule has 2 rings (SSSR count). The Morgan fingerprint density at radius 3 is 2.70 bits per heavy atom. The van der Waals surface area contributed by atoms with Crippen LogP contribution in [0.5, 0.6) is 11.5 Å². The van der Waals surface area contributed by atoms with E-state index in [1.807, 2.05) is 31.2 Å². The maximum Gasteiger partial charge on any atom is 0.161 e. The highest BCUT2D eigenvalue weighted by Gasteiger charge is 2.05. The van der Waals surface area contributed by atoms with Crippen molar-refractivity contribution < 1.29 is 9.47 Å². The lowest BCUT2D eigenvalue weighted by atomic mass is 10.3. The zero-order valence-corrected chi connectivity index (χ0v) is 12.1. The number of nitrogens with one attached hydrogen (secondary N) is 1. The monoisotopic (exact) mass is 293 g/mol. The Balaban J connectivity index is 1.86. The molecule has 0 unspecified atom stereocenters. The van der Waals surface area contributed by atoms with Crippen LogP contribution >= 0.6 is 11.6 Å². The number of benzene rings is 1. The first-order valence-electron chi connectivity index (χ1n) is 6.19. The third-order valence-corrected chi connectivity index (χ3v) is 3.12. The summed E-state index contributed by atoms with van der Waals surface area (Å²) in [6, 6.07) is 7.53. The lowest BCUT2D eigenvalue weighted by Gasteiger charge is -2.12. The van der Waals surface area contributed by atoms with E-state index >= 15 is 0 Å². The molecule has 0 spiro atoms. The first kappa shape index (κ1) is 14.4. The van der Waals surface area contributed by atoms with Gasteiger partial charge in [0.1, 0.15) is 23.9 Å². The summed E-state index contributed by atoms with van der Waals surface area (Å²) in [5.74, 6) is 2.15. The van der Waals surface area contributed by atoms with Gasteiger partial charge in [-0.3, -0.25) is 0 Å². The van der Waals surface area contributed by atoms with Crippen molar-refractivity contribution in [1.29, 1.82) is 0 Å². The quantitative estimate of drug-likeness (QED) is 0.655. The summed E-state index contributed by atoms with van der Waals surface area (Å²) in [6.07, 6.45) is 1.43. The number of methoxy groups -OCH3 is 1. The van der Waals surface area contributed by atoms with Crippen LogP contribution in [-0.2, 0) is 0 Å². The molecule has 1 N–H and O–H groups in total. The second kappa shape index (κ2) is 6.96. The standard InChI is InChI=1S/C14H16ClN3O2/c1-10-13(15)17-9-18-14(10)16-7-8-20-12-6-4-3-5-11(12)19-2/h3-6,9H,7-8H2,1-2H3,(H,16,17,18). The average molecular weight is 294 g/mol. The summed E-state index contributed by atoms with van der Waals surface area (Å²) in [5, 5.41) is 3.61. The highest BCUT2D eigenvalue weighted by atomic mass is 35.5. The Labute approximate surface area is 122 Å². The van der Waals surface area contributed by atoms with Crippen molar-refractivity contribution in [2.45, 2.75) is 6.92 Å². The molecular weight excluding hydrogens is 278 g/mol. The van der Waals surface area contributed by atoms with Crippen LogP contribution in [0, 0.1) is 6.92 Å². The molecule has 0 amide bonds. The van der Waals surface area contributed by atoms with Gasteiger partial charge < -0.3 is 14.8 Å². The van der Waals surface area contributed by atoms with Crippen molar-refractivity contribution in [1.82, 2.24) is 9.97 Å². The third kappa shape index (κ3) is 3.51. The lowest BCUT2D eigenvalue weighted by molar-refractivity contribution is 0.306. The number of para-hydroxylation sites is 2. The number of hydrogen-bond donors (Lipinski definition) is 1. The molecule has 0 aliphatic rings. The Kier molecular flexibility index (Phi) is 5.01. The van der Waals surface area contributed by atoms with Gasteiger partial charge in [0.2, 0.25) is 0 Å². The number of rotatable bonds is 6. The Bertz CT molecular complexity index is 578. The smallest absolute Gasteiger partial charge is 0.161 e. The van der Waals surface area contributed by atoms with Crippen molar-refractivity contribution in [3.8, 4) is 11.5 Å². The first-order chi connectivity index (χ1) is 9.72. The molecule has 2 aromatic rings. The van der Waals surface area contributed by atoms with Crippen molar-refractivity contribution in [3.63, 3.8) is 0 Å². The molecule has 0 saturated heterocycles.